The standard InChI is InChI=1S/C12H14F4N4O/c1-2-17-12(21)20-5-3-19(4-6-20)9-7(13)10(15)18-11(16)8(9)14/h2-6H2,1H3,(H,17,21). The molecular weight excluding hydrogens is 292 g/mol. The van der Waals surface area contributed by atoms with Gasteiger partial charge in [0.1, 0.15) is 5.69 Å². The summed E-state index contributed by atoms with van der Waals surface area (Å²) < 4.78 is 53.4. The lowest BCUT2D eigenvalue weighted by molar-refractivity contribution is 0.194. The molecule has 9 heteroatoms. The number of hydrogen-bond acceptors (Lipinski definition) is 3. The third kappa shape index (κ3) is 3.01. The van der Waals surface area contributed by atoms with Crippen LogP contribution in [-0.2, 0) is 0 Å². The van der Waals surface area contributed by atoms with Gasteiger partial charge in [0, 0.05) is 32.7 Å². The average Bonchev–Trinajstić information content (AvgIpc) is 2.46. The van der Waals surface area contributed by atoms with Crippen molar-refractivity contribution in [2.45, 2.75) is 6.92 Å². The van der Waals surface area contributed by atoms with E-state index in [4.69, 9.17) is 0 Å². The number of piperazine rings is 1. The zero-order valence-corrected chi connectivity index (χ0v) is 11.3. The summed E-state index contributed by atoms with van der Waals surface area (Å²) in [5.74, 6) is -6.43. The third-order valence-corrected chi connectivity index (χ3v) is 3.19. The molecule has 5 nitrogen and oxygen atoms in total. The van der Waals surface area contributed by atoms with Crippen molar-refractivity contribution < 1.29 is 22.4 Å². The van der Waals surface area contributed by atoms with Gasteiger partial charge in [-0.15, -0.1) is 0 Å². The SMILES string of the molecule is CCNC(=O)N1CCN(c2c(F)c(F)nc(F)c2F)CC1. The van der Waals surface area contributed by atoms with Crippen molar-refractivity contribution in [2.75, 3.05) is 37.6 Å². The predicted octanol–water partition coefficient (Wildman–Crippen LogP) is 1.49. The van der Waals surface area contributed by atoms with Crippen LogP contribution in [0, 0.1) is 23.5 Å². The van der Waals surface area contributed by atoms with Crippen molar-refractivity contribution in [3.05, 3.63) is 23.5 Å². The van der Waals surface area contributed by atoms with Crippen LogP contribution in [0.25, 0.3) is 0 Å². The number of rotatable bonds is 2. The van der Waals surface area contributed by atoms with Crippen LogP contribution in [0.3, 0.4) is 0 Å². The number of pyridine rings is 1. The van der Waals surface area contributed by atoms with Crippen LogP contribution in [0.4, 0.5) is 28.0 Å². The normalized spacial score (nSPS) is 15.3. The Bertz CT molecular complexity index is 520. The molecule has 0 unspecified atom stereocenters. The molecule has 0 bridgehead atoms. The molecule has 2 heterocycles. The second-order valence-corrected chi connectivity index (χ2v) is 4.48. The number of nitrogens with one attached hydrogen (secondary N) is 1. The first kappa shape index (κ1) is 15.3. The minimum absolute atomic E-state index is 0.0634. The van der Waals surface area contributed by atoms with Gasteiger partial charge in [0.15, 0.2) is 0 Å². The smallest absolute Gasteiger partial charge is 0.317 e. The number of carbonyl (C=O) groups is 1. The molecule has 116 valence electrons. The maximum absolute atomic E-state index is 13.6. The van der Waals surface area contributed by atoms with Crippen molar-refractivity contribution >= 4 is 11.7 Å². The summed E-state index contributed by atoms with van der Waals surface area (Å²) in [6.07, 6.45) is 0. The quantitative estimate of drug-likeness (QED) is 0.665. The van der Waals surface area contributed by atoms with Gasteiger partial charge in [-0.25, -0.2) is 4.79 Å². The van der Waals surface area contributed by atoms with E-state index in [1.807, 2.05) is 0 Å². The Morgan fingerprint density at radius 2 is 1.62 bits per heavy atom. The fourth-order valence-corrected chi connectivity index (χ4v) is 2.15. The molecule has 0 saturated carbocycles. The summed E-state index contributed by atoms with van der Waals surface area (Å²) in [6.45, 7) is 2.73. The van der Waals surface area contributed by atoms with Crippen LogP contribution in [0.5, 0.6) is 0 Å². The monoisotopic (exact) mass is 306 g/mol. The second kappa shape index (κ2) is 6.15. The van der Waals surface area contributed by atoms with E-state index in [1.54, 1.807) is 6.92 Å². The van der Waals surface area contributed by atoms with Gasteiger partial charge in [-0.1, -0.05) is 0 Å². The molecule has 0 aromatic carbocycles. The molecule has 1 aliphatic rings. The van der Waals surface area contributed by atoms with Crippen LogP contribution in [0.15, 0.2) is 0 Å². The molecule has 2 rings (SSSR count). The molecule has 0 aliphatic carbocycles. The van der Waals surface area contributed by atoms with Crippen LogP contribution in [0.1, 0.15) is 6.92 Å². The minimum Gasteiger partial charge on any atom is -0.363 e. The molecule has 1 aromatic heterocycles. The molecule has 1 aliphatic heterocycles. The van der Waals surface area contributed by atoms with Gasteiger partial charge < -0.3 is 15.1 Å². The van der Waals surface area contributed by atoms with E-state index in [0.717, 1.165) is 4.90 Å². The lowest BCUT2D eigenvalue weighted by Crippen LogP contribution is -2.52. The first-order valence-corrected chi connectivity index (χ1v) is 6.43. The van der Waals surface area contributed by atoms with E-state index >= 15 is 0 Å². The molecule has 0 radical (unpaired) electrons. The highest BCUT2D eigenvalue weighted by atomic mass is 19.2. The fraction of sp³-hybridized carbons (Fsp3) is 0.500. The minimum atomic E-state index is -1.69. The number of urea groups is 1. The van der Waals surface area contributed by atoms with E-state index in [9.17, 15) is 22.4 Å². The van der Waals surface area contributed by atoms with Crippen molar-refractivity contribution in [2.24, 2.45) is 0 Å². The highest BCUT2D eigenvalue weighted by Gasteiger charge is 2.29. The second-order valence-electron chi connectivity index (χ2n) is 4.48. The Balaban J connectivity index is 2.15. The molecule has 1 saturated heterocycles. The summed E-state index contributed by atoms with van der Waals surface area (Å²) in [4.78, 5) is 16.7. The molecule has 0 atom stereocenters. The third-order valence-electron chi connectivity index (χ3n) is 3.19. The molecular formula is C12H14F4N4O. The molecule has 1 fully saturated rings. The van der Waals surface area contributed by atoms with Crippen LogP contribution in [-0.4, -0.2) is 48.6 Å². The fourth-order valence-electron chi connectivity index (χ4n) is 2.15. The highest BCUT2D eigenvalue weighted by Crippen LogP contribution is 2.27. The molecule has 0 spiro atoms. The number of nitrogens with zero attached hydrogens (tertiary/aromatic N) is 3. The first-order valence-electron chi connectivity index (χ1n) is 6.43. The Hall–Kier alpha value is -2.06. The topological polar surface area (TPSA) is 48.5 Å². The number of amides is 2. The molecule has 21 heavy (non-hydrogen) atoms. The Kier molecular flexibility index (Phi) is 4.49. The number of carbonyl (C=O) groups excluding carboxylic acids is 1. The van der Waals surface area contributed by atoms with Crippen molar-refractivity contribution in [1.29, 1.82) is 0 Å². The van der Waals surface area contributed by atoms with Gasteiger partial charge in [-0.05, 0) is 6.92 Å². The zero-order chi connectivity index (χ0) is 15.6. The lowest BCUT2D eigenvalue weighted by Gasteiger charge is -2.36. The number of aromatic nitrogens is 1. The van der Waals surface area contributed by atoms with E-state index < -0.39 is 29.2 Å². The van der Waals surface area contributed by atoms with Gasteiger partial charge in [0.25, 0.3) is 11.9 Å². The van der Waals surface area contributed by atoms with Crippen LogP contribution >= 0.6 is 0 Å². The maximum Gasteiger partial charge on any atom is 0.317 e. The van der Waals surface area contributed by atoms with Gasteiger partial charge in [-0.3, -0.25) is 0 Å². The average molecular weight is 306 g/mol. The van der Waals surface area contributed by atoms with Crippen molar-refractivity contribution in [3.8, 4) is 0 Å². The predicted molar refractivity (Wildman–Crippen MR) is 66.9 cm³/mol. The van der Waals surface area contributed by atoms with Crippen molar-refractivity contribution in [1.82, 2.24) is 15.2 Å². The Morgan fingerprint density at radius 3 is 2.10 bits per heavy atom. The van der Waals surface area contributed by atoms with Gasteiger partial charge in [0.05, 0.1) is 0 Å². The van der Waals surface area contributed by atoms with E-state index in [-0.39, 0.29) is 32.2 Å². The Morgan fingerprint density at radius 1 is 1.10 bits per heavy atom. The summed E-state index contributed by atoms with van der Waals surface area (Å²) in [5, 5.41) is 2.60. The van der Waals surface area contributed by atoms with E-state index in [0.29, 0.717) is 6.54 Å². The highest BCUT2D eigenvalue weighted by molar-refractivity contribution is 5.74. The maximum atomic E-state index is 13.6. The first-order chi connectivity index (χ1) is 9.95. The molecule has 2 amide bonds. The van der Waals surface area contributed by atoms with E-state index in [1.165, 1.54) is 4.90 Å². The lowest BCUT2D eigenvalue weighted by atomic mass is 10.2. The number of hydrogen-bond donors (Lipinski definition) is 1. The van der Waals surface area contributed by atoms with Gasteiger partial charge in [0.2, 0.25) is 11.6 Å². The van der Waals surface area contributed by atoms with Crippen LogP contribution < -0.4 is 10.2 Å². The summed E-state index contributed by atoms with van der Waals surface area (Å²) in [7, 11) is 0. The number of anilines is 1. The summed E-state index contributed by atoms with van der Waals surface area (Å²) in [5.41, 5.74) is -0.782. The van der Waals surface area contributed by atoms with Gasteiger partial charge in [-0.2, -0.15) is 22.5 Å². The zero-order valence-electron chi connectivity index (χ0n) is 11.3. The summed E-state index contributed by atoms with van der Waals surface area (Å²) in [6, 6.07) is -0.287. The summed E-state index contributed by atoms with van der Waals surface area (Å²) >= 11 is 0. The number of halogens is 4. The molecule has 1 N–H and O–H groups in total. The van der Waals surface area contributed by atoms with Crippen LogP contribution in [0.2, 0.25) is 0 Å². The van der Waals surface area contributed by atoms with Gasteiger partial charge >= 0.3 is 6.03 Å². The van der Waals surface area contributed by atoms with E-state index in [2.05, 4.69) is 10.3 Å². The molecule has 1 aromatic rings. The van der Waals surface area contributed by atoms with Crippen molar-refractivity contribution in [3.63, 3.8) is 0 Å². The largest absolute Gasteiger partial charge is 0.363 e. The Labute approximate surface area is 118 Å².